The minimum Gasteiger partial charge on any atom is -0.367 e. The van der Waals surface area contributed by atoms with Crippen molar-refractivity contribution in [1.82, 2.24) is 14.9 Å². The first-order valence-electron chi connectivity index (χ1n) is 7.58. The lowest BCUT2D eigenvalue weighted by Gasteiger charge is -2.32. The number of carbonyl (C=O) groups excluding carboxylic acids is 1. The summed E-state index contributed by atoms with van der Waals surface area (Å²) in [7, 11) is 0. The molecule has 1 aromatic carbocycles. The first-order valence-corrected chi connectivity index (χ1v) is 7.58. The number of nitrogens with one attached hydrogen (secondary N) is 1. The Kier molecular flexibility index (Phi) is 4.48. The fourth-order valence-corrected chi connectivity index (χ4v) is 2.72. The van der Waals surface area contributed by atoms with Crippen LogP contribution in [0.25, 0.3) is 0 Å². The Morgan fingerprint density at radius 3 is 2.83 bits per heavy atom. The van der Waals surface area contributed by atoms with Gasteiger partial charge in [0.25, 0.3) is 5.91 Å². The number of benzene rings is 1. The summed E-state index contributed by atoms with van der Waals surface area (Å²) in [5.74, 6) is 0.800. The minimum atomic E-state index is -0.0115. The largest absolute Gasteiger partial charge is 0.367 e. The molecule has 1 amide bonds. The molecule has 0 aliphatic carbocycles. The van der Waals surface area contributed by atoms with Gasteiger partial charge in [-0.25, -0.2) is 9.97 Å². The van der Waals surface area contributed by atoms with Crippen LogP contribution in [0.1, 0.15) is 28.8 Å². The lowest BCUT2D eigenvalue weighted by Crippen LogP contribution is -2.42. The highest BCUT2D eigenvalue weighted by Crippen LogP contribution is 2.17. The molecule has 0 bridgehead atoms. The van der Waals surface area contributed by atoms with Gasteiger partial charge in [0.05, 0.1) is 11.6 Å². The van der Waals surface area contributed by atoms with Gasteiger partial charge in [-0.1, -0.05) is 6.07 Å². The minimum absolute atomic E-state index is 0.0115. The molecule has 0 spiro atoms. The summed E-state index contributed by atoms with van der Waals surface area (Å²) in [4.78, 5) is 22.4. The van der Waals surface area contributed by atoms with Crippen LogP contribution < -0.4 is 5.32 Å². The summed E-state index contributed by atoms with van der Waals surface area (Å²) in [6.45, 7) is 1.39. The number of likely N-dealkylation sites (tertiary alicyclic amines) is 1. The Hall–Kier alpha value is -2.94. The van der Waals surface area contributed by atoms with Crippen LogP contribution in [0.4, 0.5) is 5.82 Å². The normalized spacial score (nSPS) is 15.0. The van der Waals surface area contributed by atoms with Gasteiger partial charge >= 0.3 is 0 Å². The highest BCUT2D eigenvalue weighted by molar-refractivity contribution is 5.94. The first kappa shape index (κ1) is 15.0. The second-order valence-corrected chi connectivity index (χ2v) is 5.50. The van der Waals surface area contributed by atoms with E-state index in [2.05, 4.69) is 21.4 Å². The van der Waals surface area contributed by atoms with E-state index in [0.717, 1.165) is 18.7 Å². The van der Waals surface area contributed by atoms with Gasteiger partial charge in [0, 0.05) is 30.9 Å². The molecule has 0 atom stereocenters. The number of nitrogens with zero attached hydrogens (tertiary/aromatic N) is 4. The molecule has 0 saturated carbocycles. The zero-order valence-corrected chi connectivity index (χ0v) is 12.6. The van der Waals surface area contributed by atoms with Crippen molar-refractivity contribution in [1.29, 1.82) is 5.26 Å². The van der Waals surface area contributed by atoms with Crippen molar-refractivity contribution in [3.8, 4) is 6.07 Å². The predicted molar refractivity (Wildman–Crippen MR) is 85.7 cm³/mol. The summed E-state index contributed by atoms with van der Waals surface area (Å²) in [6.07, 6.45) is 4.96. The van der Waals surface area contributed by atoms with Crippen LogP contribution in [0.15, 0.2) is 42.9 Å². The maximum atomic E-state index is 12.5. The monoisotopic (exact) mass is 307 g/mol. The van der Waals surface area contributed by atoms with E-state index in [9.17, 15) is 4.79 Å². The molecular formula is C17H17N5O. The van der Waals surface area contributed by atoms with Gasteiger partial charge in [0.2, 0.25) is 0 Å². The Labute approximate surface area is 134 Å². The number of rotatable bonds is 3. The average Bonchev–Trinajstić information content (AvgIpc) is 2.63. The van der Waals surface area contributed by atoms with E-state index in [4.69, 9.17) is 5.26 Å². The third-order valence-electron chi connectivity index (χ3n) is 3.95. The van der Waals surface area contributed by atoms with Crippen LogP contribution in [0.3, 0.4) is 0 Å². The molecule has 2 aromatic rings. The molecule has 1 fully saturated rings. The van der Waals surface area contributed by atoms with Gasteiger partial charge in [0.15, 0.2) is 0 Å². The molecule has 1 N–H and O–H groups in total. The van der Waals surface area contributed by atoms with E-state index in [0.29, 0.717) is 30.3 Å². The van der Waals surface area contributed by atoms with E-state index >= 15 is 0 Å². The van der Waals surface area contributed by atoms with Crippen molar-refractivity contribution < 1.29 is 4.79 Å². The molecule has 1 aliphatic rings. The highest BCUT2D eigenvalue weighted by atomic mass is 16.2. The van der Waals surface area contributed by atoms with E-state index in [1.165, 1.54) is 6.33 Å². The Bertz CT molecular complexity index is 717. The van der Waals surface area contributed by atoms with Gasteiger partial charge in [0.1, 0.15) is 12.1 Å². The quantitative estimate of drug-likeness (QED) is 0.938. The van der Waals surface area contributed by atoms with Crippen LogP contribution in [-0.4, -0.2) is 39.9 Å². The number of anilines is 1. The second kappa shape index (κ2) is 6.88. The molecule has 3 rings (SSSR count). The van der Waals surface area contributed by atoms with Crippen molar-refractivity contribution in [2.45, 2.75) is 18.9 Å². The standard InChI is InChI=1S/C17H17N5O/c18-11-13-2-1-3-14(10-13)17(23)22-8-5-15(6-9-22)21-16-4-7-19-12-20-16/h1-4,7,10,12,15H,5-6,8-9H2,(H,19,20,21). The lowest BCUT2D eigenvalue weighted by atomic mass is 10.0. The van der Waals surface area contributed by atoms with Gasteiger partial charge in [-0.3, -0.25) is 4.79 Å². The Balaban J connectivity index is 1.58. The molecule has 0 radical (unpaired) electrons. The number of nitriles is 1. The SMILES string of the molecule is N#Cc1cccc(C(=O)N2CCC(Nc3ccncn3)CC2)c1. The first-order chi connectivity index (χ1) is 11.3. The topological polar surface area (TPSA) is 81.9 Å². The summed E-state index contributed by atoms with van der Waals surface area (Å²) >= 11 is 0. The van der Waals surface area contributed by atoms with Crippen molar-refractivity contribution in [3.05, 3.63) is 54.0 Å². The average molecular weight is 307 g/mol. The fourth-order valence-electron chi connectivity index (χ4n) is 2.72. The van der Waals surface area contributed by atoms with Crippen molar-refractivity contribution in [2.75, 3.05) is 18.4 Å². The predicted octanol–water partition coefficient (Wildman–Crippen LogP) is 2.06. The smallest absolute Gasteiger partial charge is 0.253 e. The summed E-state index contributed by atoms with van der Waals surface area (Å²) in [5.41, 5.74) is 1.09. The lowest BCUT2D eigenvalue weighted by molar-refractivity contribution is 0.0718. The number of hydrogen-bond acceptors (Lipinski definition) is 5. The third-order valence-corrected chi connectivity index (χ3v) is 3.95. The molecule has 116 valence electrons. The molecule has 1 aliphatic heterocycles. The van der Waals surface area contributed by atoms with Gasteiger partial charge in [-0.15, -0.1) is 0 Å². The zero-order valence-electron chi connectivity index (χ0n) is 12.6. The Morgan fingerprint density at radius 1 is 1.30 bits per heavy atom. The van der Waals surface area contributed by atoms with Gasteiger partial charge in [-0.2, -0.15) is 5.26 Å². The van der Waals surface area contributed by atoms with Crippen molar-refractivity contribution >= 4 is 11.7 Å². The number of hydrogen-bond donors (Lipinski definition) is 1. The third kappa shape index (κ3) is 3.64. The van der Waals surface area contributed by atoms with E-state index in [1.54, 1.807) is 30.5 Å². The number of aromatic nitrogens is 2. The fraction of sp³-hybridized carbons (Fsp3) is 0.294. The molecule has 6 heteroatoms. The summed E-state index contributed by atoms with van der Waals surface area (Å²) < 4.78 is 0. The second-order valence-electron chi connectivity index (χ2n) is 5.50. The van der Waals surface area contributed by atoms with Crippen LogP contribution >= 0.6 is 0 Å². The number of piperidine rings is 1. The molecule has 1 aromatic heterocycles. The maximum absolute atomic E-state index is 12.5. The summed E-state index contributed by atoms with van der Waals surface area (Å²) in [5, 5.41) is 12.3. The van der Waals surface area contributed by atoms with Crippen molar-refractivity contribution in [2.24, 2.45) is 0 Å². The van der Waals surface area contributed by atoms with Crippen LogP contribution in [-0.2, 0) is 0 Å². The highest BCUT2D eigenvalue weighted by Gasteiger charge is 2.23. The number of carbonyl (C=O) groups is 1. The van der Waals surface area contributed by atoms with Gasteiger partial charge < -0.3 is 10.2 Å². The van der Waals surface area contributed by atoms with Crippen LogP contribution in [0, 0.1) is 11.3 Å². The van der Waals surface area contributed by atoms with Crippen molar-refractivity contribution in [3.63, 3.8) is 0 Å². The van der Waals surface area contributed by atoms with E-state index in [-0.39, 0.29) is 5.91 Å². The van der Waals surface area contributed by atoms with E-state index < -0.39 is 0 Å². The van der Waals surface area contributed by atoms with Gasteiger partial charge in [-0.05, 0) is 37.1 Å². The molecule has 23 heavy (non-hydrogen) atoms. The van der Waals surface area contributed by atoms with Crippen LogP contribution in [0.5, 0.6) is 0 Å². The van der Waals surface area contributed by atoms with E-state index in [1.807, 2.05) is 11.0 Å². The molecule has 0 unspecified atom stereocenters. The Morgan fingerprint density at radius 2 is 2.13 bits per heavy atom. The zero-order chi connectivity index (χ0) is 16.1. The molecule has 2 heterocycles. The van der Waals surface area contributed by atoms with Crippen LogP contribution in [0.2, 0.25) is 0 Å². The number of amides is 1. The molecule has 6 nitrogen and oxygen atoms in total. The summed E-state index contributed by atoms with van der Waals surface area (Å²) in [6, 6.07) is 11.1. The molecular weight excluding hydrogens is 290 g/mol. The maximum Gasteiger partial charge on any atom is 0.253 e. The molecule has 1 saturated heterocycles.